The second kappa shape index (κ2) is 11.6. The van der Waals surface area contributed by atoms with Crippen molar-refractivity contribution in [3.8, 4) is 5.75 Å². The van der Waals surface area contributed by atoms with E-state index in [9.17, 15) is 4.79 Å². The van der Waals surface area contributed by atoms with Gasteiger partial charge in [0, 0.05) is 33.2 Å². The number of nitrogens with one attached hydrogen (secondary N) is 1. The molecule has 1 N–H and O–H groups in total. The zero-order chi connectivity index (χ0) is 19.8. The van der Waals surface area contributed by atoms with Crippen LogP contribution in [0.2, 0.25) is 0 Å². The normalized spacial score (nSPS) is 13.2. The molecule has 1 heterocycles. The second-order valence-corrected chi connectivity index (χ2v) is 6.73. The number of nitrogens with zero attached hydrogens (tertiary/aromatic N) is 3. The summed E-state index contributed by atoms with van der Waals surface area (Å²) >= 11 is 0. The van der Waals surface area contributed by atoms with Crippen molar-refractivity contribution in [1.29, 1.82) is 0 Å². The standard InChI is InChI=1S/C22H28N4O2.HI/c1-3-23-22(25(2)16-18-10-5-4-6-11-18)24-14-9-15-26-19-12-7-8-13-20(19)28-17-21(26)27;/h4-8,10-13H,3,9,14-17H2,1-2H3,(H,23,24);1H. The maximum absolute atomic E-state index is 12.2. The van der Waals surface area contributed by atoms with E-state index in [2.05, 4.69) is 29.3 Å². The Labute approximate surface area is 190 Å². The summed E-state index contributed by atoms with van der Waals surface area (Å²) in [6, 6.07) is 18.0. The average Bonchev–Trinajstić information content (AvgIpc) is 2.72. The number of hydrogen-bond acceptors (Lipinski definition) is 3. The van der Waals surface area contributed by atoms with Gasteiger partial charge in [0.15, 0.2) is 12.6 Å². The Morgan fingerprint density at radius 2 is 1.90 bits per heavy atom. The molecule has 1 aliphatic rings. The lowest BCUT2D eigenvalue weighted by atomic mass is 10.2. The lowest BCUT2D eigenvalue weighted by molar-refractivity contribution is -0.121. The van der Waals surface area contributed by atoms with Gasteiger partial charge in [-0.05, 0) is 31.0 Å². The third kappa shape index (κ3) is 6.35. The van der Waals surface area contributed by atoms with E-state index in [4.69, 9.17) is 9.73 Å². The molecule has 0 fully saturated rings. The molecule has 2 aromatic rings. The zero-order valence-corrected chi connectivity index (χ0v) is 19.3. The van der Waals surface area contributed by atoms with Gasteiger partial charge in [0.25, 0.3) is 5.91 Å². The molecular weight excluding hydrogens is 479 g/mol. The fourth-order valence-corrected chi connectivity index (χ4v) is 3.21. The first-order valence-electron chi connectivity index (χ1n) is 9.74. The number of carbonyl (C=O) groups is 1. The first kappa shape index (κ1) is 23.0. The molecule has 0 aliphatic carbocycles. The van der Waals surface area contributed by atoms with Gasteiger partial charge in [-0.1, -0.05) is 42.5 Å². The number of anilines is 1. The van der Waals surface area contributed by atoms with Crippen molar-refractivity contribution in [3.63, 3.8) is 0 Å². The summed E-state index contributed by atoms with van der Waals surface area (Å²) in [4.78, 5) is 20.9. The topological polar surface area (TPSA) is 57.2 Å². The number of halogens is 1. The van der Waals surface area contributed by atoms with E-state index >= 15 is 0 Å². The minimum atomic E-state index is -0.00391. The van der Waals surface area contributed by atoms with Crippen LogP contribution in [0.15, 0.2) is 59.6 Å². The van der Waals surface area contributed by atoms with Gasteiger partial charge in [0.1, 0.15) is 5.75 Å². The Balaban J connectivity index is 0.00000300. The number of ether oxygens (including phenoxy) is 1. The number of amides is 1. The molecule has 1 aliphatic heterocycles. The van der Waals surface area contributed by atoms with Gasteiger partial charge in [-0.15, -0.1) is 24.0 Å². The van der Waals surface area contributed by atoms with Gasteiger partial charge in [-0.2, -0.15) is 0 Å². The summed E-state index contributed by atoms with van der Waals surface area (Å²) in [6.45, 7) is 5.05. The number of hydrogen-bond donors (Lipinski definition) is 1. The van der Waals surface area contributed by atoms with Crippen molar-refractivity contribution in [2.45, 2.75) is 19.9 Å². The average molecular weight is 508 g/mol. The van der Waals surface area contributed by atoms with Crippen LogP contribution in [0.3, 0.4) is 0 Å². The molecule has 0 saturated heterocycles. The van der Waals surface area contributed by atoms with Crippen LogP contribution in [-0.4, -0.2) is 50.1 Å². The van der Waals surface area contributed by atoms with Gasteiger partial charge >= 0.3 is 0 Å². The van der Waals surface area contributed by atoms with E-state index in [-0.39, 0.29) is 36.5 Å². The van der Waals surface area contributed by atoms with E-state index in [1.807, 2.05) is 49.5 Å². The van der Waals surface area contributed by atoms with Crippen LogP contribution in [0.4, 0.5) is 5.69 Å². The van der Waals surface area contributed by atoms with Crippen LogP contribution < -0.4 is 15.0 Å². The molecule has 156 valence electrons. The van der Waals surface area contributed by atoms with Crippen LogP contribution in [-0.2, 0) is 11.3 Å². The van der Waals surface area contributed by atoms with Gasteiger partial charge in [0.2, 0.25) is 0 Å². The van der Waals surface area contributed by atoms with Crippen molar-refractivity contribution in [3.05, 3.63) is 60.2 Å². The van der Waals surface area contributed by atoms with E-state index in [1.165, 1.54) is 5.56 Å². The van der Waals surface area contributed by atoms with Crippen LogP contribution in [0.5, 0.6) is 5.75 Å². The zero-order valence-electron chi connectivity index (χ0n) is 17.0. The number of fused-ring (bicyclic) bond motifs is 1. The molecule has 29 heavy (non-hydrogen) atoms. The first-order chi connectivity index (χ1) is 13.7. The molecule has 0 atom stereocenters. The van der Waals surface area contributed by atoms with Crippen molar-refractivity contribution < 1.29 is 9.53 Å². The maximum atomic E-state index is 12.2. The van der Waals surface area contributed by atoms with Crippen LogP contribution in [0, 0.1) is 0 Å². The number of benzene rings is 2. The minimum Gasteiger partial charge on any atom is -0.482 e. The fraction of sp³-hybridized carbons (Fsp3) is 0.364. The molecule has 0 unspecified atom stereocenters. The van der Waals surface area contributed by atoms with Gasteiger partial charge < -0.3 is 19.9 Å². The predicted molar refractivity (Wildman–Crippen MR) is 128 cm³/mol. The second-order valence-electron chi connectivity index (χ2n) is 6.73. The molecule has 0 bridgehead atoms. The maximum Gasteiger partial charge on any atom is 0.265 e. The molecule has 0 aromatic heterocycles. The third-order valence-corrected chi connectivity index (χ3v) is 4.57. The highest BCUT2D eigenvalue weighted by Gasteiger charge is 2.24. The Bertz CT molecular complexity index is 813. The number of para-hydroxylation sites is 2. The van der Waals surface area contributed by atoms with E-state index < -0.39 is 0 Å². The summed E-state index contributed by atoms with van der Waals surface area (Å²) in [5.74, 6) is 1.64. The predicted octanol–water partition coefficient (Wildman–Crippen LogP) is 3.52. The Kier molecular flexibility index (Phi) is 9.24. The third-order valence-electron chi connectivity index (χ3n) is 4.57. The van der Waals surface area contributed by atoms with Crippen LogP contribution >= 0.6 is 24.0 Å². The van der Waals surface area contributed by atoms with E-state index in [0.717, 1.165) is 36.9 Å². The van der Waals surface area contributed by atoms with Crippen molar-refractivity contribution in [1.82, 2.24) is 10.2 Å². The highest BCUT2D eigenvalue weighted by Crippen LogP contribution is 2.31. The summed E-state index contributed by atoms with van der Waals surface area (Å²) in [7, 11) is 2.04. The quantitative estimate of drug-likeness (QED) is 0.269. The van der Waals surface area contributed by atoms with Gasteiger partial charge in [0.05, 0.1) is 5.69 Å². The van der Waals surface area contributed by atoms with Gasteiger partial charge in [-0.25, -0.2) is 0 Å². The first-order valence-corrected chi connectivity index (χ1v) is 9.74. The monoisotopic (exact) mass is 508 g/mol. The fourth-order valence-electron chi connectivity index (χ4n) is 3.21. The van der Waals surface area contributed by atoms with E-state index in [1.54, 1.807) is 4.90 Å². The number of rotatable bonds is 7. The van der Waals surface area contributed by atoms with Crippen LogP contribution in [0.25, 0.3) is 0 Å². The Morgan fingerprint density at radius 1 is 1.17 bits per heavy atom. The molecule has 7 heteroatoms. The molecule has 6 nitrogen and oxygen atoms in total. The molecule has 3 rings (SSSR count). The molecule has 1 amide bonds. The minimum absolute atomic E-state index is 0. The molecule has 2 aromatic carbocycles. The molecule has 0 saturated carbocycles. The van der Waals surface area contributed by atoms with E-state index in [0.29, 0.717) is 13.1 Å². The Hall–Kier alpha value is -2.29. The molecule has 0 radical (unpaired) electrons. The lowest BCUT2D eigenvalue weighted by Crippen LogP contribution is -2.40. The Morgan fingerprint density at radius 3 is 2.66 bits per heavy atom. The summed E-state index contributed by atoms with van der Waals surface area (Å²) in [6.07, 6.45) is 0.786. The highest BCUT2D eigenvalue weighted by molar-refractivity contribution is 14.0. The summed E-state index contributed by atoms with van der Waals surface area (Å²) in [5, 5.41) is 3.34. The van der Waals surface area contributed by atoms with Crippen molar-refractivity contribution >= 4 is 41.5 Å². The van der Waals surface area contributed by atoms with Crippen molar-refractivity contribution in [2.75, 3.05) is 38.2 Å². The SMILES string of the molecule is CCNC(=NCCCN1C(=O)COc2ccccc21)N(C)Cc1ccccc1.I. The number of guanidine groups is 1. The van der Waals surface area contributed by atoms with Crippen LogP contribution in [0.1, 0.15) is 18.9 Å². The summed E-state index contributed by atoms with van der Waals surface area (Å²) in [5.41, 5.74) is 2.09. The molecule has 0 spiro atoms. The smallest absolute Gasteiger partial charge is 0.265 e. The lowest BCUT2D eigenvalue weighted by Gasteiger charge is -2.29. The van der Waals surface area contributed by atoms with Gasteiger partial charge in [-0.3, -0.25) is 9.79 Å². The largest absolute Gasteiger partial charge is 0.482 e. The van der Waals surface area contributed by atoms with Crippen molar-refractivity contribution in [2.24, 2.45) is 4.99 Å². The summed E-state index contributed by atoms with van der Waals surface area (Å²) < 4.78 is 5.50. The molecular formula is C22H29IN4O2. The highest BCUT2D eigenvalue weighted by atomic mass is 127. The number of aliphatic imine (C=N–C) groups is 1. The number of carbonyl (C=O) groups excluding carboxylic acids is 1.